The van der Waals surface area contributed by atoms with Gasteiger partial charge in [0.2, 0.25) is 11.8 Å². The van der Waals surface area contributed by atoms with Crippen molar-refractivity contribution in [2.75, 3.05) is 73.7 Å². The van der Waals surface area contributed by atoms with Crippen LogP contribution >= 0.6 is 0 Å². The summed E-state index contributed by atoms with van der Waals surface area (Å²) >= 11 is 0. The largest absolute Gasteiger partial charge is 0.486 e. The number of methoxy groups -OCH3 is 1. The summed E-state index contributed by atoms with van der Waals surface area (Å²) in [4.78, 5) is 55.0. The van der Waals surface area contributed by atoms with Crippen LogP contribution in [0.25, 0.3) is 44.2 Å². The van der Waals surface area contributed by atoms with Crippen molar-refractivity contribution in [1.82, 2.24) is 54.8 Å². The van der Waals surface area contributed by atoms with E-state index in [2.05, 4.69) is 21.7 Å². The summed E-state index contributed by atoms with van der Waals surface area (Å²) in [7, 11) is 5.18. The van der Waals surface area contributed by atoms with Crippen LogP contribution in [-0.4, -0.2) is 171 Å². The zero-order chi connectivity index (χ0) is 55.1. The molecule has 3 aromatic heterocycles. The average molecular weight is 1090 g/mol. The molecule has 2 N–H and O–H groups in total. The highest BCUT2D eigenvalue weighted by atomic mass is 19.1. The average Bonchev–Trinajstić information content (AvgIpc) is 3.89. The van der Waals surface area contributed by atoms with Crippen LogP contribution in [0.3, 0.4) is 0 Å². The van der Waals surface area contributed by atoms with E-state index in [9.17, 15) is 19.5 Å². The van der Waals surface area contributed by atoms with Gasteiger partial charge in [0.15, 0.2) is 12.0 Å². The Kier molecular flexibility index (Phi) is 15.7. The number of nitrogens with zero attached hydrogens (tertiary/aromatic N) is 10. The molecule has 4 atom stereocenters. The third kappa shape index (κ3) is 11.3. The summed E-state index contributed by atoms with van der Waals surface area (Å²) in [5.74, 6) is -0.744. The number of benzene rings is 3. The molecule has 0 radical (unpaired) electrons. The molecule has 3 aromatic carbocycles. The van der Waals surface area contributed by atoms with Crippen molar-refractivity contribution >= 4 is 39.7 Å². The van der Waals surface area contributed by atoms with Gasteiger partial charge >= 0.3 is 18.0 Å². The number of aromatic nitrogens is 7. The Balaban J connectivity index is 0.970. The van der Waals surface area contributed by atoms with Gasteiger partial charge in [0.1, 0.15) is 47.9 Å². The number of β-amino-alcohol motifs (C(OH)–C–C–N with tert-alkyl or cyclic N) is 1. The first kappa shape index (κ1) is 54.0. The summed E-state index contributed by atoms with van der Waals surface area (Å²) in [6.07, 6.45) is 7.61. The zero-order valence-corrected chi connectivity index (χ0v) is 45.7. The van der Waals surface area contributed by atoms with Gasteiger partial charge in [0.05, 0.1) is 62.8 Å². The van der Waals surface area contributed by atoms with Gasteiger partial charge in [-0.2, -0.15) is 15.1 Å². The van der Waals surface area contributed by atoms with Gasteiger partial charge in [0.25, 0.3) is 0 Å². The molecular weight excluding hydrogens is 1020 g/mol. The number of hydrogen-bond donors (Lipinski definition) is 2. The smallest absolute Gasteiger partial charge is 0.328 e. The van der Waals surface area contributed by atoms with Crippen LogP contribution in [0.1, 0.15) is 100 Å². The van der Waals surface area contributed by atoms with Gasteiger partial charge in [-0.25, -0.2) is 23.3 Å². The molecule has 1 unspecified atom stereocenters. The molecule has 79 heavy (non-hydrogen) atoms. The first-order valence-electron chi connectivity index (χ1n) is 27.7. The topological polar surface area (TPSA) is 223 Å². The number of carbonyl (C=O) groups excluding carboxylic acids is 3. The third-order valence-corrected chi connectivity index (χ3v) is 15.8. The SMILES string of the molecule is COC(=O)[C@@H]1C[C@@H](O)CN1C(=O)[C@H](C(C)C)n1cc(-c2ccc(COc3c(-c4c(C)c(F)cc5c4cnn5C4CCCCO4)c(C4CC4)cc4c(OC5CN(C(=O)NCCN(C)C)C5)nc(OC5CCOCC5)nc34)cc2)nn1. The maximum Gasteiger partial charge on any atom is 0.328 e. The molecule has 1 saturated carbocycles. The maximum atomic E-state index is 16.8. The number of aliphatic hydroxyl groups is 1. The second-order valence-electron chi connectivity index (χ2n) is 22.1. The fraction of sp³-hybridized carbons (Fsp3) is 0.544. The minimum atomic E-state index is -0.899. The van der Waals surface area contributed by atoms with Crippen LogP contribution in [0.4, 0.5) is 9.18 Å². The van der Waals surface area contributed by atoms with Crippen LogP contribution in [-0.2, 0) is 30.4 Å². The van der Waals surface area contributed by atoms with Gasteiger partial charge in [-0.3, -0.25) is 4.79 Å². The van der Waals surface area contributed by atoms with Crippen molar-refractivity contribution in [2.24, 2.45) is 5.92 Å². The monoisotopic (exact) mass is 1090 g/mol. The number of likely N-dealkylation sites (N-methyl/N-ethyl adjacent to an activating group) is 1. The Labute approximate surface area is 457 Å². The molecule has 3 amide bonds. The van der Waals surface area contributed by atoms with Crippen molar-refractivity contribution < 1.29 is 52.3 Å². The second kappa shape index (κ2) is 23.0. The predicted molar refractivity (Wildman–Crippen MR) is 288 cm³/mol. The molecule has 4 aliphatic heterocycles. The van der Waals surface area contributed by atoms with E-state index in [1.807, 2.05) is 57.1 Å². The Bertz CT molecular complexity index is 3200. The quantitative estimate of drug-likeness (QED) is 0.0852. The summed E-state index contributed by atoms with van der Waals surface area (Å²) in [6.45, 7) is 9.25. The summed E-state index contributed by atoms with van der Waals surface area (Å²) < 4.78 is 57.5. The molecule has 4 saturated heterocycles. The minimum Gasteiger partial charge on any atom is -0.486 e. The van der Waals surface area contributed by atoms with E-state index in [0.717, 1.165) is 54.2 Å². The van der Waals surface area contributed by atoms with Gasteiger partial charge in [-0.15, -0.1) is 5.10 Å². The summed E-state index contributed by atoms with van der Waals surface area (Å²) in [5.41, 5.74) is 5.83. The van der Waals surface area contributed by atoms with E-state index in [-0.39, 0.29) is 73.6 Å². The Morgan fingerprint density at radius 1 is 0.937 bits per heavy atom. The maximum absolute atomic E-state index is 16.8. The standard InChI is InChI=1S/C57H70FN11O10/c1-32(2)51(54(71)67-27-37(70)23-46(67)55(72)74-6)68-30-44(63-64-68)36-12-10-34(11-13-36)31-77-52-49(48-33(3)43(58)25-45-42(48)26-60-69(45)47-9-7-8-20-76-47)40(35-14-15-35)24-41-50(52)61-56(79-38-16-21-75-22-17-38)62-53(41)78-39-28-66(29-39)57(73)59-18-19-65(4)5/h10-13,24-26,30,32,35,37-39,46-47,51,70H,7-9,14-23,27-29,31H2,1-6H3,(H,59,73)/t37-,46+,47?,51+/m1/s1. The number of aliphatic hydroxyl groups excluding tert-OH is 1. The van der Waals surface area contributed by atoms with Crippen LogP contribution in [0.2, 0.25) is 0 Å². The molecule has 0 spiro atoms. The molecule has 21 nitrogen and oxygen atoms in total. The van der Waals surface area contributed by atoms with E-state index in [4.69, 9.17) is 43.5 Å². The third-order valence-electron chi connectivity index (χ3n) is 15.8. The number of halogens is 1. The first-order chi connectivity index (χ1) is 38.2. The lowest BCUT2D eigenvalue weighted by atomic mass is 9.88. The molecule has 11 rings (SSSR count). The van der Waals surface area contributed by atoms with Crippen molar-refractivity contribution in [1.29, 1.82) is 0 Å². The molecule has 7 heterocycles. The predicted octanol–water partition coefficient (Wildman–Crippen LogP) is 6.73. The number of amides is 3. The first-order valence-corrected chi connectivity index (χ1v) is 27.7. The number of esters is 1. The van der Waals surface area contributed by atoms with Crippen LogP contribution in [0.5, 0.6) is 17.6 Å². The number of urea groups is 1. The zero-order valence-electron chi connectivity index (χ0n) is 45.7. The lowest BCUT2D eigenvalue weighted by Gasteiger charge is -2.38. The van der Waals surface area contributed by atoms with E-state index in [0.29, 0.717) is 109 Å². The number of nitrogens with one attached hydrogen (secondary N) is 1. The van der Waals surface area contributed by atoms with E-state index >= 15 is 4.39 Å². The summed E-state index contributed by atoms with van der Waals surface area (Å²) in [6, 6.07) is 9.54. The van der Waals surface area contributed by atoms with Gasteiger partial charge in [-0.1, -0.05) is 43.3 Å². The molecule has 420 valence electrons. The number of hydrogen-bond acceptors (Lipinski definition) is 16. The van der Waals surface area contributed by atoms with Crippen molar-refractivity contribution in [3.8, 4) is 40.0 Å². The fourth-order valence-corrected chi connectivity index (χ4v) is 11.2. The van der Waals surface area contributed by atoms with Gasteiger partial charge < -0.3 is 53.5 Å². The molecule has 5 fully saturated rings. The molecule has 5 aliphatic rings. The number of likely N-dealkylation sites (tertiary alicyclic amines) is 2. The highest BCUT2D eigenvalue weighted by Crippen LogP contribution is 2.53. The van der Waals surface area contributed by atoms with Crippen LogP contribution in [0, 0.1) is 18.7 Å². The highest BCUT2D eigenvalue weighted by molar-refractivity contribution is 6.05. The molecule has 6 aromatic rings. The Hall–Kier alpha value is -7.01. The lowest BCUT2D eigenvalue weighted by Crippen LogP contribution is -2.59. The molecule has 22 heteroatoms. The summed E-state index contributed by atoms with van der Waals surface area (Å²) in [5, 5.41) is 28.5. The second-order valence-corrected chi connectivity index (χ2v) is 22.1. The van der Waals surface area contributed by atoms with Crippen LogP contribution < -0.4 is 19.5 Å². The number of carbonyl (C=O) groups is 3. The van der Waals surface area contributed by atoms with Crippen molar-refractivity contribution in [3.05, 3.63) is 71.3 Å². The van der Waals surface area contributed by atoms with Gasteiger partial charge in [-0.05, 0) is 87.7 Å². The Morgan fingerprint density at radius 2 is 1.72 bits per heavy atom. The number of ether oxygens (including phenoxy) is 6. The molecule has 1 aliphatic carbocycles. The fourth-order valence-electron chi connectivity index (χ4n) is 11.2. The normalized spacial score (nSPS) is 20.5. The number of fused-ring (bicyclic) bond motifs is 2. The Morgan fingerprint density at radius 3 is 2.43 bits per heavy atom. The lowest BCUT2D eigenvalue weighted by molar-refractivity contribution is -0.152. The van der Waals surface area contributed by atoms with Crippen LogP contribution in [0.15, 0.2) is 48.8 Å². The van der Waals surface area contributed by atoms with Gasteiger partial charge in [0, 0.05) is 73.6 Å². The number of rotatable bonds is 18. The highest BCUT2D eigenvalue weighted by Gasteiger charge is 2.44. The minimum absolute atomic E-state index is 0.00736. The molecular formula is C57H70FN11O10. The van der Waals surface area contributed by atoms with Crippen molar-refractivity contribution in [3.63, 3.8) is 0 Å². The van der Waals surface area contributed by atoms with E-state index in [1.165, 1.54) is 16.7 Å². The van der Waals surface area contributed by atoms with Crippen molar-refractivity contribution in [2.45, 2.75) is 121 Å². The van der Waals surface area contributed by atoms with E-state index in [1.54, 1.807) is 35.0 Å². The van der Waals surface area contributed by atoms with E-state index < -0.39 is 24.2 Å². The molecule has 0 bridgehead atoms.